The Morgan fingerprint density at radius 1 is 1.14 bits per heavy atom. The number of carbonyl (C=O) groups excluding carboxylic acids is 2. The first-order valence-electron chi connectivity index (χ1n) is 7.82. The van der Waals surface area contributed by atoms with Crippen molar-refractivity contribution in [2.75, 3.05) is 26.3 Å². The lowest BCUT2D eigenvalue weighted by atomic mass is 9.79. The molecule has 1 saturated carbocycles. The summed E-state index contributed by atoms with van der Waals surface area (Å²) in [6.45, 7) is 2.88. The first-order chi connectivity index (χ1) is 10.7. The molecule has 4 nitrogen and oxygen atoms in total. The van der Waals surface area contributed by atoms with E-state index < -0.39 is 5.92 Å². The molecule has 2 fully saturated rings. The zero-order valence-electron chi connectivity index (χ0n) is 12.5. The van der Waals surface area contributed by atoms with Crippen molar-refractivity contribution >= 4 is 23.2 Å². The number of ketones is 2. The van der Waals surface area contributed by atoms with Gasteiger partial charge in [0.1, 0.15) is 0 Å². The van der Waals surface area contributed by atoms with E-state index in [4.69, 9.17) is 16.3 Å². The van der Waals surface area contributed by atoms with Crippen molar-refractivity contribution in [3.05, 3.63) is 34.9 Å². The molecule has 22 heavy (non-hydrogen) atoms. The third-order valence-corrected chi connectivity index (χ3v) is 4.83. The van der Waals surface area contributed by atoms with Crippen LogP contribution in [0, 0.1) is 5.92 Å². The van der Waals surface area contributed by atoms with Crippen LogP contribution in [0.3, 0.4) is 0 Å². The summed E-state index contributed by atoms with van der Waals surface area (Å²) in [5.74, 6) is -0.504. The van der Waals surface area contributed by atoms with Gasteiger partial charge in [0, 0.05) is 23.7 Å². The minimum Gasteiger partial charge on any atom is -0.379 e. The topological polar surface area (TPSA) is 46.6 Å². The van der Waals surface area contributed by atoms with Gasteiger partial charge in [-0.15, -0.1) is 0 Å². The van der Waals surface area contributed by atoms with E-state index in [1.807, 2.05) is 0 Å². The van der Waals surface area contributed by atoms with Gasteiger partial charge in [0.2, 0.25) is 0 Å². The molecule has 1 aromatic carbocycles. The van der Waals surface area contributed by atoms with E-state index in [1.165, 1.54) is 0 Å². The average molecular weight is 322 g/mol. The third kappa shape index (κ3) is 3.24. The summed E-state index contributed by atoms with van der Waals surface area (Å²) in [5, 5.41) is 0.595. The Bertz CT molecular complexity index is 552. The Balaban J connectivity index is 1.74. The molecule has 2 atom stereocenters. The molecular formula is C17H20ClNO3. The van der Waals surface area contributed by atoms with Crippen LogP contribution < -0.4 is 0 Å². The Kier molecular flexibility index (Phi) is 4.91. The number of benzene rings is 1. The molecule has 0 radical (unpaired) electrons. The number of halogens is 1. The van der Waals surface area contributed by atoms with Gasteiger partial charge in [0.15, 0.2) is 11.6 Å². The molecule has 5 heteroatoms. The summed E-state index contributed by atoms with van der Waals surface area (Å²) in [5.41, 5.74) is 0.574. The van der Waals surface area contributed by atoms with E-state index in [0.717, 1.165) is 25.9 Å². The fourth-order valence-electron chi connectivity index (χ4n) is 3.36. The summed E-state index contributed by atoms with van der Waals surface area (Å²) >= 11 is 5.86. The monoisotopic (exact) mass is 321 g/mol. The number of rotatable bonds is 3. The Morgan fingerprint density at radius 2 is 1.82 bits per heavy atom. The lowest BCUT2D eigenvalue weighted by Gasteiger charge is -2.37. The van der Waals surface area contributed by atoms with Gasteiger partial charge in [-0.05, 0) is 37.1 Å². The number of ether oxygens (including phenoxy) is 1. The van der Waals surface area contributed by atoms with Gasteiger partial charge in [-0.25, -0.2) is 0 Å². The predicted molar refractivity (Wildman–Crippen MR) is 84.3 cm³/mol. The SMILES string of the molecule is O=C(c1ccc(Cl)cc1)[C@H]1CCC[C@H](N2CCOCC2)C1=O. The summed E-state index contributed by atoms with van der Waals surface area (Å²) in [6, 6.07) is 6.68. The van der Waals surface area contributed by atoms with Gasteiger partial charge in [0.05, 0.1) is 25.2 Å². The van der Waals surface area contributed by atoms with Gasteiger partial charge in [0.25, 0.3) is 0 Å². The number of morpholine rings is 1. The molecule has 1 aliphatic heterocycles. The molecule has 0 amide bonds. The normalized spacial score (nSPS) is 26.9. The van der Waals surface area contributed by atoms with Gasteiger partial charge in [-0.2, -0.15) is 0 Å². The van der Waals surface area contributed by atoms with E-state index in [9.17, 15) is 9.59 Å². The maximum absolute atomic E-state index is 12.8. The summed E-state index contributed by atoms with van der Waals surface area (Å²) in [7, 11) is 0. The molecule has 0 unspecified atom stereocenters. The van der Waals surface area contributed by atoms with Crippen molar-refractivity contribution in [1.29, 1.82) is 0 Å². The van der Waals surface area contributed by atoms with Crippen LogP contribution in [-0.2, 0) is 9.53 Å². The van der Waals surface area contributed by atoms with Crippen molar-refractivity contribution in [3.63, 3.8) is 0 Å². The van der Waals surface area contributed by atoms with Crippen LogP contribution in [0.4, 0.5) is 0 Å². The lowest BCUT2D eigenvalue weighted by molar-refractivity contribution is -0.131. The molecule has 1 heterocycles. The molecule has 0 aromatic heterocycles. The Morgan fingerprint density at radius 3 is 2.50 bits per heavy atom. The zero-order valence-corrected chi connectivity index (χ0v) is 13.2. The highest BCUT2D eigenvalue weighted by atomic mass is 35.5. The van der Waals surface area contributed by atoms with Crippen molar-refractivity contribution in [3.8, 4) is 0 Å². The van der Waals surface area contributed by atoms with E-state index in [-0.39, 0.29) is 17.6 Å². The standard InChI is InChI=1S/C17H20ClNO3/c18-13-6-4-12(5-7-13)16(20)14-2-1-3-15(17(14)21)19-8-10-22-11-9-19/h4-7,14-15H,1-3,8-11H2/t14-,15+/m1/s1. The van der Waals surface area contributed by atoms with Crippen LogP contribution in [0.5, 0.6) is 0 Å². The molecule has 0 N–H and O–H groups in total. The molecular weight excluding hydrogens is 302 g/mol. The number of hydrogen-bond acceptors (Lipinski definition) is 4. The second kappa shape index (κ2) is 6.90. The smallest absolute Gasteiger partial charge is 0.173 e. The average Bonchev–Trinajstić information content (AvgIpc) is 2.56. The number of carbonyl (C=O) groups is 2. The van der Waals surface area contributed by atoms with Crippen LogP contribution in [0.15, 0.2) is 24.3 Å². The highest BCUT2D eigenvalue weighted by Crippen LogP contribution is 2.28. The van der Waals surface area contributed by atoms with Crippen LogP contribution in [0.2, 0.25) is 5.02 Å². The Labute approximate surface area is 135 Å². The maximum Gasteiger partial charge on any atom is 0.173 e. The van der Waals surface area contributed by atoms with Crippen LogP contribution in [0.1, 0.15) is 29.6 Å². The van der Waals surface area contributed by atoms with E-state index in [0.29, 0.717) is 30.2 Å². The quantitative estimate of drug-likeness (QED) is 0.634. The van der Waals surface area contributed by atoms with Crippen molar-refractivity contribution < 1.29 is 14.3 Å². The molecule has 0 bridgehead atoms. The highest BCUT2D eigenvalue weighted by Gasteiger charge is 2.39. The predicted octanol–water partition coefficient (Wildman–Crippen LogP) is 2.59. The fourth-order valence-corrected chi connectivity index (χ4v) is 3.49. The maximum atomic E-state index is 12.8. The van der Waals surface area contributed by atoms with Crippen molar-refractivity contribution in [2.45, 2.75) is 25.3 Å². The minimum absolute atomic E-state index is 0.0698. The second-order valence-electron chi connectivity index (χ2n) is 5.92. The summed E-state index contributed by atoms with van der Waals surface area (Å²) in [4.78, 5) is 27.6. The van der Waals surface area contributed by atoms with Crippen LogP contribution in [-0.4, -0.2) is 48.8 Å². The van der Waals surface area contributed by atoms with Gasteiger partial charge < -0.3 is 4.74 Å². The van der Waals surface area contributed by atoms with Crippen LogP contribution in [0.25, 0.3) is 0 Å². The lowest BCUT2D eigenvalue weighted by Crippen LogP contribution is -2.51. The van der Waals surface area contributed by atoms with E-state index in [2.05, 4.69) is 4.90 Å². The summed E-state index contributed by atoms with van der Waals surface area (Å²) in [6.07, 6.45) is 2.42. The first kappa shape index (κ1) is 15.7. The highest BCUT2D eigenvalue weighted by molar-refractivity contribution is 6.30. The van der Waals surface area contributed by atoms with Gasteiger partial charge in [-0.3, -0.25) is 14.5 Å². The molecule has 1 saturated heterocycles. The van der Waals surface area contributed by atoms with E-state index >= 15 is 0 Å². The Hall–Kier alpha value is -1.23. The summed E-state index contributed by atoms with van der Waals surface area (Å²) < 4.78 is 5.35. The van der Waals surface area contributed by atoms with Gasteiger partial charge in [-0.1, -0.05) is 18.0 Å². The molecule has 1 aliphatic carbocycles. The van der Waals surface area contributed by atoms with Gasteiger partial charge >= 0.3 is 0 Å². The van der Waals surface area contributed by atoms with E-state index in [1.54, 1.807) is 24.3 Å². The molecule has 0 spiro atoms. The number of hydrogen-bond donors (Lipinski definition) is 0. The first-order valence-corrected chi connectivity index (χ1v) is 8.20. The zero-order chi connectivity index (χ0) is 15.5. The fraction of sp³-hybridized carbons (Fsp3) is 0.529. The second-order valence-corrected chi connectivity index (χ2v) is 6.36. The molecule has 2 aliphatic rings. The largest absolute Gasteiger partial charge is 0.379 e. The third-order valence-electron chi connectivity index (χ3n) is 4.57. The van der Waals surface area contributed by atoms with Crippen molar-refractivity contribution in [1.82, 2.24) is 4.90 Å². The van der Waals surface area contributed by atoms with Crippen molar-refractivity contribution in [2.24, 2.45) is 5.92 Å². The molecule has 1 aromatic rings. The van der Waals surface area contributed by atoms with Crippen LogP contribution >= 0.6 is 11.6 Å². The minimum atomic E-state index is -0.511. The molecule has 3 rings (SSSR count). The molecule has 118 valence electrons. The number of Topliss-reactive ketones (excluding diaryl/α,β-unsaturated/α-hetero) is 2. The number of nitrogens with zero attached hydrogens (tertiary/aromatic N) is 1.